The van der Waals surface area contributed by atoms with E-state index in [1.807, 2.05) is 55.5 Å². The average Bonchev–Trinajstić information content (AvgIpc) is 3.51. The van der Waals surface area contributed by atoms with Crippen LogP contribution in [-0.4, -0.2) is 58.0 Å². The van der Waals surface area contributed by atoms with Crippen molar-refractivity contribution in [2.75, 3.05) is 12.0 Å². The van der Waals surface area contributed by atoms with Gasteiger partial charge in [-0.15, -0.1) is 0 Å². The summed E-state index contributed by atoms with van der Waals surface area (Å²) >= 11 is 0. The first-order valence-electron chi connectivity index (χ1n) is 14.3. The molecule has 4 amide bonds. The molecule has 1 aromatic heterocycles. The molecule has 4 aromatic rings. The number of nitrogens with zero attached hydrogens (tertiary/aromatic N) is 2. The predicted octanol–water partition coefficient (Wildman–Crippen LogP) is 4.89. The molecule has 6 rings (SSSR count). The van der Waals surface area contributed by atoms with Crippen LogP contribution in [0.25, 0.3) is 10.9 Å². The number of carboxylic acid groups (broad SMARTS) is 1. The van der Waals surface area contributed by atoms with Crippen LogP contribution in [-0.2, 0) is 16.0 Å². The number of methoxy groups -OCH3 is 1. The third-order valence-corrected chi connectivity index (χ3v) is 8.61. The fourth-order valence-corrected chi connectivity index (χ4v) is 6.22. The molecular weight excluding hydrogens is 548 g/mol. The third kappa shape index (κ3) is 4.59. The Labute approximate surface area is 248 Å². The van der Waals surface area contributed by atoms with E-state index in [1.165, 1.54) is 12.1 Å². The molecule has 1 saturated heterocycles. The molecule has 4 unspecified atom stereocenters. The van der Waals surface area contributed by atoms with Gasteiger partial charge in [-0.3, -0.25) is 14.5 Å². The first-order valence-corrected chi connectivity index (χ1v) is 14.3. The number of nitrogens with one attached hydrogen (secondary N) is 2. The maximum absolute atomic E-state index is 14.3. The maximum atomic E-state index is 14.3. The summed E-state index contributed by atoms with van der Waals surface area (Å²) in [5.74, 6) is -1.99. The number of H-pyrrole nitrogens is 1. The number of rotatable bonds is 8. The van der Waals surface area contributed by atoms with E-state index in [4.69, 9.17) is 4.74 Å². The summed E-state index contributed by atoms with van der Waals surface area (Å²) in [6.45, 7) is 3.59. The Bertz CT molecular complexity index is 1760. The van der Waals surface area contributed by atoms with Crippen molar-refractivity contribution >= 4 is 40.4 Å². The molecule has 10 nitrogen and oxygen atoms in total. The molecule has 1 fully saturated rings. The van der Waals surface area contributed by atoms with Crippen molar-refractivity contribution in [3.63, 3.8) is 0 Å². The zero-order chi connectivity index (χ0) is 30.4. The Kier molecular flexibility index (Phi) is 7.13. The van der Waals surface area contributed by atoms with Gasteiger partial charge < -0.3 is 20.1 Å². The summed E-state index contributed by atoms with van der Waals surface area (Å²) in [5, 5.41) is 13.3. The summed E-state index contributed by atoms with van der Waals surface area (Å²) in [6, 6.07) is 18.4. The number of fused-ring (bicyclic) bond motifs is 4. The lowest BCUT2D eigenvalue weighted by molar-refractivity contribution is -0.140. The van der Waals surface area contributed by atoms with Crippen LogP contribution in [0.1, 0.15) is 53.5 Å². The molecule has 0 radical (unpaired) electrons. The number of aromatic amines is 1. The Balaban J connectivity index is 1.44. The van der Waals surface area contributed by atoms with Gasteiger partial charge >= 0.3 is 12.0 Å². The quantitative estimate of drug-likeness (QED) is 0.254. The number of ether oxygens (including phenoxy) is 1. The molecule has 4 atom stereocenters. The van der Waals surface area contributed by atoms with Crippen LogP contribution in [0.3, 0.4) is 0 Å². The van der Waals surface area contributed by atoms with E-state index in [1.54, 1.807) is 31.1 Å². The number of carbonyl (C=O) groups excluding carboxylic acids is 3. The van der Waals surface area contributed by atoms with Crippen LogP contribution in [0, 0.1) is 5.92 Å². The molecule has 43 heavy (non-hydrogen) atoms. The van der Waals surface area contributed by atoms with Crippen molar-refractivity contribution in [2.45, 2.75) is 44.8 Å². The number of urea groups is 1. The minimum atomic E-state index is -1.15. The number of carbonyl (C=O) groups is 4. The van der Waals surface area contributed by atoms with Crippen molar-refractivity contribution in [3.8, 4) is 5.75 Å². The smallest absolute Gasteiger partial charge is 0.332 e. The number of aliphatic carboxylic acids is 1. The van der Waals surface area contributed by atoms with Gasteiger partial charge in [0.05, 0.1) is 18.4 Å². The van der Waals surface area contributed by atoms with E-state index in [0.717, 1.165) is 32.6 Å². The molecule has 220 valence electrons. The first kappa shape index (κ1) is 28.0. The van der Waals surface area contributed by atoms with Gasteiger partial charge in [0, 0.05) is 23.0 Å². The number of benzene rings is 3. The maximum Gasteiger partial charge on any atom is 0.332 e. The number of imide groups is 1. The molecule has 0 aliphatic carbocycles. The van der Waals surface area contributed by atoms with Gasteiger partial charge in [0.2, 0.25) is 0 Å². The van der Waals surface area contributed by atoms with Crippen molar-refractivity contribution in [3.05, 3.63) is 95.2 Å². The number of hydrogen-bond donors (Lipinski definition) is 3. The highest BCUT2D eigenvalue weighted by molar-refractivity contribution is 6.24. The van der Waals surface area contributed by atoms with Crippen LogP contribution >= 0.6 is 0 Å². The monoisotopic (exact) mass is 580 g/mol. The average molecular weight is 581 g/mol. The molecular formula is C33H32N4O6. The van der Waals surface area contributed by atoms with Gasteiger partial charge in [-0.1, -0.05) is 62.7 Å². The first-order chi connectivity index (χ1) is 20.7. The molecule has 3 heterocycles. The summed E-state index contributed by atoms with van der Waals surface area (Å²) in [4.78, 5) is 60.0. The van der Waals surface area contributed by atoms with Crippen LogP contribution < -0.4 is 15.0 Å². The van der Waals surface area contributed by atoms with Crippen LogP contribution in [0.15, 0.2) is 72.8 Å². The van der Waals surface area contributed by atoms with Gasteiger partial charge in [0.15, 0.2) is 0 Å². The SMILES string of the molecule is CCC(C)C(NC(=O)c1ccccc1N1C(=O)C2Cc3c([nH]c4ccccc34)C(c3cccc(OC)c3)N2C1=O)C(=O)O. The van der Waals surface area contributed by atoms with E-state index in [-0.39, 0.29) is 17.2 Å². The summed E-state index contributed by atoms with van der Waals surface area (Å²) in [5.41, 5.74) is 3.60. The van der Waals surface area contributed by atoms with Crippen molar-refractivity contribution in [1.29, 1.82) is 0 Å². The van der Waals surface area contributed by atoms with Crippen molar-refractivity contribution < 1.29 is 29.0 Å². The second-order valence-corrected chi connectivity index (χ2v) is 11.0. The highest BCUT2D eigenvalue weighted by atomic mass is 16.5. The third-order valence-electron chi connectivity index (χ3n) is 8.61. The number of para-hydroxylation sites is 2. The predicted molar refractivity (Wildman–Crippen MR) is 160 cm³/mol. The molecule has 3 N–H and O–H groups in total. The lowest BCUT2D eigenvalue weighted by Crippen LogP contribution is -2.45. The molecule has 0 spiro atoms. The zero-order valence-electron chi connectivity index (χ0n) is 24.0. The van der Waals surface area contributed by atoms with E-state index < -0.39 is 41.9 Å². The van der Waals surface area contributed by atoms with E-state index in [9.17, 15) is 24.3 Å². The lowest BCUT2D eigenvalue weighted by Gasteiger charge is -2.36. The highest BCUT2D eigenvalue weighted by Crippen LogP contribution is 2.45. The second kappa shape index (κ2) is 10.9. The van der Waals surface area contributed by atoms with Gasteiger partial charge in [-0.25, -0.2) is 14.5 Å². The fourth-order valence-electron chi connectivity index (χ4n) is 6.22. The topological polar surface area (TPSA) is 132 Å². The number of amides is 4. The van der Waals surface area contributed by atoms with Gasteiger partial charge in [0.25, 0.3) is 11.8 Å². The summed E-state index contributed by atoms with van der Waals surface area (Å²) < 4.78 is 5.48. The summed E-state index contributed by atoms with van der Waals surface area (Å²) in [7, 11) is 1.57. The molecule has 0 bridgehead atoms. The number of anilines is 1. The fraction of sp³-hybridized carbons (Fsp3) is 0.273. The minimum Gasteiger partial charge on any atom is -0.497 e. The number of carboxylic acids is 1. The normalized spacial score (nSPS) is 19.1. The molecule has 10 heteroatoms. The Morgan fingerprint density at radius 1 is 1.07 bits per heavy atom. The second-order valence-electron chi connectivity index (χ2n) is 11.0. The van der Waals surface area contributed by atoms with Crippen molar-refractivity contribution in [2.24, 2.45) is 5.92 Å². The van der Waals surface area contributed by atoms with E-state index in [0.29, 0.717) is 18.6 Å². The Morgan fingerprint density at radius 3 is 2.56 bits per heavy atom. The van der Waals surface area contributed by atoms with Gasteiger partial charge in [-0.05, 0) is 47.4 Å². The molecule has 3 aromatic carbocycles. The van der Waals surface area contributed by atoms with E-state index >= 15 is 0 Å². The zero-order valence-corrected chi connectivity index (χ0v) is 24.0. The summed E-state index contributed by atoms with van der Waals surface area (Å²) in [6.07, 6.45) is 0.837. The molecule has 0 saturated carbocycles. The Morgan fingerprint density at radius 2 is 1.81 bits per heavy atom. The van der Waals surface area contributed by atoms with E-state index in [2.05, 4.69) is 10.3 Å². The minimum absolute atomic E-state index is 0.0421. The molecule has 2 aliphatic rings. The van der Waals surface area contributed by atoms with Crippen LogP contribution in [0.4, 0.5) is 10.5 Å². The highest BCUT2D eigenvalue weighted by Gasteiger charge is 2.53. The lowest BCUT2D eigenvalue weighted by atomic mass is 9.89. The van der Waals surface area contributed by atoms with Gasteiger partial charge in [-0.2, -0.15) is 0 Å². The van der Waals surface area contributed by atoms with Crippen LogP contribution in [0.2, 0.25) is 0 Å². The standard InChI is InChI=1S/C33H32N4O6/c1-4-18(2)27(32(40)41)35-30(38)22-13-6-8-15-25(22)37-31(39)26-17-23-21-12-5-7-14-24(21)34-28(23)29(36(26)33(37)42)19-10-9-11-20(16-19)43-3/h5-16,18,26-27,29,34H,4,17H2,1-3H3,(H,35,38)(H,40,41). The number of hydrogen-bond acceptors (Lipinski definition) is 5. The molecule has 2 aliphatic heterocycles. The van der Waals surface area contributed by atoms with Crippen molar-refractivity contribution in [1.82, 2.24) is 15.2 Å². The number of aromatic nitrogens is 1. The largest absolute Gasteiger partial charge is 0.497 e. The van der Waals surface area contributed by atoms with Crippen LogP contribution in [0.5, 0.6) is 5.75 Å². The Hall–Kier alpha value is -5.12. The van der Waals surface area contributed by atoms with Gasteiger partial charge in [0.1, 0.15) is 23.9 Å².